The third kappa shape index (κ3) is 4.41. The molecule has 0 unspecified atom stereocenters. The second-order valence-electron chi connectivity index (χ2n) is 9.01. The van der Waals surface area contributed by atoms with Crippen LogP contribution >= 0.6 is 0 Å². The maximum absolute atomic E-state index is 14.1. The molecule has 2 aromatic carbocycles. The van der Waals surface area contributed by atoms with Gasteiger partial charge in [0, 0.05) is 43.5 Å². The Bertz CT molecular complexity index is 1120. The molecule has 3 atom stereocenters. The van der Waals surface area contributed by atoms with Crippen molar-refractivity contribution in [3.8, 4) is 11.1 Å². The van der Waals surface area contributed by atoms with E-state index in [1.165, 1.54) is 6.07 Å². The van der Waals surface area contributed by atoms with Gasteiger partial charge in [-0.3, -0.25) is 9.88 Å². The second kappa shape index (κ2) is 9.91. The first-order valence-electron chi connectivity index (χ1n) is 11.8. The van der Waals surface area contributed by atoms with Crippen LogP contribution in [0.3, 0.4) is 0 Å². The molecule has 2 amide bonds. The fraction of sp³-hybridized carbons (Fsp3) is 0.333. The van der Waals surface area contributed by atoms with Gasteiger partial charge in [0.05, 0.1) is 12.3 Å². The lowest BCUT2D eigenvalue weighted by Gasteiger charge is -2.57. The first kappa shape index (κ1) is 22.5. The number of hydrogen-bond acceptors (Lipinski definition) is 4. The largest absolute Gasteiger partial charge is 0.395 e. The lowest BCUT2D eigenvalue weighted by atomic mass is 9.74. The number of carbonyl (C=O) groups excluding carboxylic acids is 1. The first-order valence-corrected chi connectivity index (χ1v) is 11.8. The lowest BCUT2D eigenvalue weighted by Crippen LogP contribution is -2.68. The van der Waals surface area contributed by atoms with Crippen molar-refractivity contribution in [3.05, 3.63) is 84.4 Å². The summed E-state index contributed by atoms with van der Waals surface area (Å²) in [6.07, 6.45) is 5.42. The van der Waals surface area contributed by atoms with Gasteiger partial charge in [0.2, 0.25) is 0 Å². The SMILES string of the molecule is O=C(Nc1ccccc1F)N1CCCCN2[C@H](C1)[C@@H](c1ccc(-c3cccnc3)cc1)[C@@H]2CO. The van der Waals surface area contributed by atoms with Crippen molar-refractivity contribution in [1.29, 1.82) is 0 Å². The van der Waals surface area contributed by atoms with Gasteiger partial charge in [-0.1, -0.05) is 42.5 Å². The van der Waals surface area contributed by atoms with Crippen molar-refractivity contribution < 1.29 is 14.3 Å². The van der Waals surface area contributed by atoms with Gasteiger partial charge in [-0.15, -0.1) is 0 Å². The minimum absolute atomic E-state index is 0.0313. The minimum atomic E-state index is -0.444. The van der Waals surface area contributed by atoms with Gasteiger partial charge >= 0.3 is 6.03 Å². The predicted octanol–water partition coefficient (Wildman–Crippen LogP) is 4.34. The topological polar surface area (TPSA) is 68.7 Å². The highest BCUT2D eigenvalue weighted by Gasteiger charge is 2.49. The molecule has 2 fully saturated rings. The van der Waals surface area contributed by atoms with Crippen LogP contribution in [0.15, 0.2) is 73.1 Å². The normalized spacial score (nSPS) is 22.8. The number of aliphatic hydroxyl groups is 1. The van der Waals surface area contributed by atoms with E-state index in [0.717, 1.165) is 36.1 Å². The number of aliphatic hydroxyl groups excluding tert-OH is 1. The van der Waals surface area contributed by atoms with Gasteiger partial charge in [0.15, 0.2) is 0 Å². The Morgan fingerprint density at radius 1 is 1.03 bits per heavy atom. The van der Waals surface area contributed by atoms with Crippen LogP contribution in [0.5, 0.6) is 0 Å². The van der Waals surface area contributed by atoms with Crippen molar-refractivity contribution in [2.24, 2.45) is 0 Å². The number of anilines is 1. The number of pyridine rings is 1. The smallest absolute Gasteiger partial charge is 0.321 e. The van der Waals surface area contributed by atoms with Crippen molar-refractivity contribution in [3.63, 3.8) is 0 Å². The lowest BCUT2D eigenvalue weighted by molar-refractivity contribution is -0.0585. The van der Waals surface area contributed by atoms with E-state index in [1.807, 2.05) is 18.3 Å². The van der Waals surface area contributed by atoms with Gasteiger partial charge in [0.25, 0.3) is 0 Å². The molecule has 3 aromatic rings. The number of halogens is 1. The van der Waals surface area contributed by atoms with E-state index < -0.39 is 5.82 Å². The Balaban J connectivity index is 1.35. The van der Waals surface area contributed by atoms with Crippen molar-refractivity contribution >= 4 is 11.7 Å². The van der Waals surface area contributed by atoms with Gasteiger partial charge in [-0.25, -0.2) is 9.18 Å². The summed E-state index contributed by atoms with van der Waals surface area (Å²) >= 11 is 0. The summed E-state index contributed by atoms with van der Waals surface area (Å²) in [5.74, 6) is -0.324. The maximum Gasteiger partial charge on any atom is 0.321 e. The standard InChI is InChI=1S/C27H29FN4O2/c28-22-7-1-2-8-23(22)30-27(34)31-14-3-4-15-32-24(17-31)26(25(32)18-33)20-11-9-19(10-12-20)21-6-5-13-29-16-21/h1-2,5-13,16,24-26,33H,3-4,14-15,17-18H2,(H,30,34)/t24-,25+,26-/m1/s1. The average molecular weight is 461 g/mol. The Labute approximate surface area is 199 Å². The molecular weight excluding hydrogens is 431 g/mol. The number of carbonyl (C=O) groups is 1. The number of rotatable bonds is 4. The van der Waals surface area contributed by atoms with E-state index in [9.17, 15) is 14.3 Å². The molecule has 2 aliphatic rings. The number of para-hydroxylation sites is 1. The van der Waals surface area contributed by atoms with Crippen LogP contribution in [-0.4, -0.2) is 64.2 Å². The quantitative estimate of drug-likeness (QED) is 0.608. The molecule has 0 radical (unpaired) electrons. The number of benzene rings is 2. The molecule has 0 saturated carbocycles. The zero-order valence-corrected chi connectivity index (χ0v) is 19.0. The van der Waals surface area contributed by atoms with Crippen LogP contribution in [0.1, 0.15) is 24.3 Å². The summed E-state index contributed by atoms with van der Waals surface area (Å²) in [4.78, 5) is 21.3. The van der Waals surface area contributed by atoms with E-state index >= 15 is 0 Å². The van der Waals surface area contributed by atoms with E-state index in [4.69, 9.17) is 0 Å². The fourth-order valence-corrected chi connectivity index (χ4v) is 5.31. The number of hydrogen-bond donors (Lipinski definition) is 2. The molecule has 0 aliphatic carbocycles. The molecule has 7 heteroatoms. The van der Waals surface area contributed by atoms with E-state index in [0.29, 0.717) is 13.1 Å². The van der Waals surface area contributed by atoms with Crippen LogP contribution < -0.4 is 5.32 Å². The molecule has 0 spiro atoms. The summed E-state index contributed by atoms with van der Waals surface area (Å²) < 4.78 is 14.1. The molecular formula is C27H29FN4O2. The number of fused-ring (bicyclic) bond motifs is 1. The molecule has 2 N–H and O–H groups in total. The molecule has 2 saturated heterocycles. The van der Waals surface area contributed by atoms with Crippen LogP contribution in [0.4, 0.5) is 14.9 Å². The highest BCUT2D eigenvalue weighted by atomic mass is 19.1. The van der Waals surface area contributed by atoms with Crippen LogP contribution in [0.25, 0.3) is 11.1 Å². The van der Waals surface area contributed by atoms with Gasteiger partial charge in [-0.2, -0.15) is 0 Å². The maximum atomic E-state index is 14.1. The highest BCUT2D eigenvalue weighted by Crippen LogP contribution is 2.42. The number of urea groups is 1. The number of aromatic nitrogens is 1. The van der Waals surface area contributed by atoms with Crippen molar-refractivity contribution in [1.82, 2.24) is 14.8 Å². The average Bonchev–Trinajstić information content (AvgIpc) is 2.85. The van der Waals surface area contributed by atoms with Crippen LogP contribution in [0, 0.1) is 5.82 Å². The number of nitrogens with one attached hydrogen (secondary N) is 1. The van der Waals surface area contributed by atoms with Crippen molar-refractivity contribution in [2.45, 2.75) is 30.8 Å². The molecule has 3 heterocycles. The Kier molecular flexibility index (Phi) is 6.56. The summed E-state index contributed by atoms with van der Waals surface area (Å²) in [6, 6.07) is 18.4. The Hall–Kier alpha value is -3.29. The van der Waals surface area contributed by atoms with Gasteiger partial charge in [-0.05, 0) is 54.3 Å². The van der Waals surface area contributed by atoms with E-state index in [1.54, 1.807) is 29.3 Å². The summed E-state index contributed by atoms with van der Waals surface area (Å²) in [5.41, 5.74) is 3.50. The number of amides is 2. The third-order valence-corrected chi connectivity index (χ3v) is 7.06. The monoisotopic (exact) mass is 460 g/mol. The first-order chi connectivity index (χ1) is 16.7. The highest BCUT2D eigenvalue weighted by molar-refractivity contribution is 5.89. The zero-order valence-electron chi connectivity index (χ0n) is 19.0. The zero-order chi connectivity index (χ0) is 23.5. The summed E-state index contributed by atoms with van der Waals surface area (Å²) in [6.45, 7) is 2.14. The van der Waals surface area contributed by atoms with Crippen LogP contribution in [0.2, 0.25) is 0 Å². The summed E-state index contributed by atoms with van der Waals surface area (Å²) in [7, 11) is 0. The molecule has 0 bridgehead atoms. The fourth-order valence-electron chi connectivity index (χ4n) is 5.31. The molecule has 5 rings (SSSR count). The van der Waals surface area contributed by atoms with Crippen LogP contribution in [-0.2, 0) is 0 Å². The van der Waals surface area contributed by atoms with Gasteiger partial charge < -0.3 is 15.3 Å². The number of nitrogens with zero attached hydrogens (tertiary/aromatic N) is 3. The minimum Gasteiger partial charge on any atom is -0.395 e. The molecule has 34 heavy (non-hydrogen) atoms. The second-order valence-corrected chi connectivity index (χ2v) is 9.01. The Morgan fingerprint density at radius 2 is 1.82 bits per heavy atom. The van der Waals surface area contributed by atoms with Gasteiger partial charge in [0.1, 0.15) is 5.82 Å². The predicted molar refractivity (Wildman–Crippen MR) is 130 cm³/mol. The molecule has 2 aliphatic heterocycles. The summed E-state index contributed by atoms with van der Waals surface area (Å²) in [5, 5.41) is 12.9. The molecule has 176 valence electrons. The molecule has 6 nitrogen and oxygen atoms in total. The van der Waals surface area contributed by atoms with E-state index in [-0.39, 0.29) is 36.3 Å². The molecule has 1 aromatic heterocycles. The third-order valence-electron chi connectivity index (χ3n) is 7.06. The van der Waals surface area contributed by atoms with Crippen molar-refractivity contribution in [2.75, 3.05) is 31.6 Å². The Morgan fingerprint density at radius 3 is 2.56 bits per heavy atom. The van der Waals surface area contributed by atoms with E-state index in [2.05, 4.69) is 39.5 Å².